The van der Waals surface area contributed by atoms with Crippen LogP contribution in [-0.2, 0) is 4.74 Å². The monoisotopic (exact) mass is 262 g/mol. The van der Waals surface area contributed by atoms with E-state index in [2.05, 4.69) is 5.32 Å². The van der Waals surface area contributed by atoms with Gasteiger partial charge in [0, 0.05) is 24.9 Å². The zero-order valence-corrected chi connectivity index (χ0v) is 11.2. The molecule has 1 fully saturated rings. The second-order valence-corrected chi connectivity index (χ2v) is 4.69. The molecule has 1 atom stereocenters. The summed E-state index contributed by atoms with van der Waals surface area (Å²) < 4.78 is 5.26. The van der Waals surface area contributed by atoms with Crippen molar-refractivity contribution >= 4 is 17.5 Å². The lowest BCUT2D eigenvalue weighted by atomic mass is 10.1. The predicted molar refractivity (Wildman–Crippen MR) is 72.5 cm³/mol. The molecule has 0 radical (unpaired) electrons. The van der Waals surface area contributed by atoms with E-state index in [1.807, 2.05) is 0 Å². The molecule has 102 valence electrons. The van der Waals surface area contributed by atoms with Crippen LogP contribution in [0.15, 0.2) is 24.3 Å². The Labute approximate surface area is 112 Å². The summed E-state index contributed by atoms with van der Waals surface area (Å²) in [7, 11) is 1.76. The molecule has 1 unspecified atom stereocenters. The third-order valence-electron chi connectivity index (χ3n) is 3.32. The number of carbonyl (C=O) groups excluding carboxylic acids is 2. The Balaban J connectivity index is 1.96. The van der Waals surface area contributed by atoms with Crippen LogP contribution in [0.4, 0.5) is 10.5 Å². The number of carbonyl (C=O) groups is 2. The normalized spacial score (nSPS) is 18.1. The minimum atomic E-state index is -0.161. The van der Waals surface area contributed by atoms with Crippen LogP contribution in [-0.4, -0.2) is 43.0 Å². The summed E-state index contributed by atoms with van der Waals surface area (Å²) in [5, 5.41) is 2.80. The summed E-state index contributed by atoms with van der Waals surface area (Å²) in [6.45, 7) is 2.81. The highest BCUT2D eigenvalue weighted by atomic mass is 16.5. The number of benzene rings is 1. The number of ketones is 1. The van der Waals surface area contributed by atoms with Crippen molar-refractivity contribution in [1.29, 1.82) is 0 Å². The van der Waals surface area contributed by atoms with Gasteiger partial charge in [-0.15, -0.1) is 0 Å². The van der Waals surface area contributed by atoms with Crippen LogP contribution in [0, 0.1) is 0 Å². The van der Waals surface area contributed by atoms with Crippen LogP contribution >= 0.6 is 0 Å². The largest absolute Gasteiger partial charge is 0.379 e. The van der Waals surface area contributed by atoms with Gasteiger partial charge in [0.15, 0.2) is 5.78 Å². The van der Waals surface area contributed by atoms with Crippen LogP contribution < -0.4 is 5.32 Å². The van der Waals surface area contributed by atoms with Gasteiger partial charge in [0.05, 0.1) is 12.6 Å². The van der Waals surface area contributed by atoms with Crippen LogP contribution in [0.2, 0.25) is 0 Å². The molecule has 0 aromatic heterocycles. The predicted octanol–water partition coefficient (Wildman–Crippen LogP) is 2.14. The van der Waals surface area contributed by atoms with Crippen molar-refractivity contribution in [3.8, 4) is 0 Å². The maximum Gasteiger partial charge on any atom is 0.321 e. The maximum atomic E-state index is 12.0. The Kier molecular flexibility index (Phi) is 4.16. The zero-order chi connectivity index (χ0) is 13.8. The molecule has 0 saturated carbocycles. The molecule has 1 aromatic carbocycles. The smallest absolute Gasteiger partial charge is 0.321 e. The average Bonchev–Trinajstić information content (AvgIpc) is 2.92. The molecule has 1 N–H and O–H groups in total. The third-order valence-corrected chi connectivity index (χ3v) is 3.32. The van der Waals surface area contributed by atoms with E-state index in [0.29, 0.717) is 24.5 Å². The lowest BCUT2D eigenvalue weighted by Crippen LogP contribution is -2.40. The standard InChI is InChI=1S/C14H18N2O3/c1-10(17)11-3-5-12(6-4-11)15-14(18)16(2)13-7-8-19-9-13/h3-6,13H,7-9H2,1-2H3,(H,15,18). The Hall–Kier alpha value is -1.88. The Bertz CT molecular complexity index is 464. The first-order valence-electron chi connectivity index (χ1n) is 6.30. The summed E-state index contributed by atoms with van der Waals surface area (Å²) in [5.74, 6) is 0.0121. The molecular weight excluding hydrogens is 244 g/mol. The number of nitrogens with one attached hydrogen (secondary N) is 1. The second kappa shape index (κ2) is 5.84. The number of amides is 2. The minimum absolute atomic E-state index is 0.0121. The molecule has 1 aliphatic heterocycles. The molecule has 2 rings (SSSR count). The van der Waals surface area contributed by atoms with E-state index in [-0.39, 0.29) is 17.9 Å². The average molecular weight is 262 g/mol. The first kappa shape index (κ1) is 13.5. The molecule has 2 amide bonds. The number of urea groups is 1. The van der Waals surface area contributed by atoms with Crippen molar-refractivity contribution in [3.63, 3.8) is 0 Å². The van der Waals surface area contributed by atoms with Gasteiger partial charge in [0.25, 0.3) is 0 Å². The van der Waals surface area contributed by atoms with E-state index in [1.165, 1.54) is 6.92 Å². The van der Waals surface area contributed by atoms with Crippen LogP contribution in [0.3, 0.4) is 0 Å². The number of hydrogen-bond donors (Lipinski definition) is 1. The highest BCUT2D eigenvalue weighted by Crippen LogP contribution is 2.14. The molecule has 19 heavy (non-hydrogen) atoms. The number of rotatable bonds is 3. The molecule has 0 spiro atoms. The fourth-order valence-corrected chi connectivity index (χ4v) is 1.99. The third kappa shape index (κ3) is 3.32. The molecular formula is C14H18N2O3. The molecule has 5 heteroatoms. The van der Waals surface area contributed by atoms with Gasteiger partial charge in [-0.05, 0) is 37.6 Å². The van der Waals surface area contributed by atoms with Gasteiger partial charge in [0.1, 0.15) is 0 Å². The first-order valence-corrected chi connectivity index (χ1v) is 6.30. The summed E-state index contributed by atoms with van der Waals surface area (Å²) in [4.78, 5) is 24.8. The van der Waals surface area contributed by atoms with Crippen LogP contribution in [0.1, 0.15) is 23.7 Å². The quantitative estimate of drug-likeness (QED) is 0.849. The number of anilines is 1. The van der Waals surface area contributed by atoms with Crippen molar-refractivity contribution in [2.24, 2.45) is 0 Å². The number of nitrogens with zero attached hydrogens (tertiary/aromatic N) is 1. The minimum Gasteiger partial charge on any atom is -0.379 e. The fraction of sp³-hybridized carbons (Fsp3) is 0.429. The fourth-order valence-electron chi connectivity index (χ4n) is 1.99. The summed E-state index contributed by atoms with van der Waals surface area (Å²) in [6.07, 6.45) is 0.868. The number of Topliss-reactive ketones (excluding diaryl/α,β-unsaturated/α-hetero) is 1. The van der Waals surface area contributed by atoms with Gasteiger partial charge in [-0.1, -0.05) is 0 Å². The lowest BCUT2D eigenvalue weighted by molar-refractivity contribution is 0.101. The molecule has 0 bridgehead atoms. The molecule has 1 aromatic rings. The van der Waals surface area contributed by atoms with E-state index >= 15 is 0 Å². The van der Waals surface area contributed by atoms with Gasteiger partial charge in [-0.3, -0.25) is 4.79 Å². The number of hydrogen-bond acceptors (Lipinski definition) is 3. The number of ether oxygens (including phenoxy) is 1. The Morgan fingerprint density at radius 1 is 1.32 bits per heavy atom. The van der Waals surface area contributed by atoms with Gasteiger partial charge < -0.3 is 15.0 Å². The molecule has 1 saturated heterocycles. The zero-order valence-electron chi connectivity index (χ0n) is 11.2. The van der Waals surface area contributed by atoms with E-state index in [1.54, 1.807) is 36.2 Å². The van der Waals surface area contributed by atoms with E-state index in [0.717, 1.165) is 6.42 Å². The molecule has 1 heterocycles. The Morgan fingerprint density at radius 3 is 2.53 bits per heavy atom. The topological polar surface area (TPSA) is 58.6 Å². The SMILES string of the molecule is CC(=O)c1ccc(NC(=O)N(C)C2CCOC2)cc1. The highest BCUT2D eigenvalue weighted by Gasteiger charge is 2.23. The van der Waals surface area contributed by atoms with Gasteiger partial charge in [-0.25, -0.2) is 4.79 Å². The molecule has 1 aliphatic rings. The van der Waals surface area contributed by atoms with Crippen LogP contribution in [0.5, 0.6) is 0 Å². The van der Waals surface area contributed by atoms with E-state index in [4.69, 9.17) is 4.74 Å². The van der Waals surface area contributed by atoms with Crippen molar-refractivity contribution in [2.75, 3.05) is 25.6 Å². The summed E-state index contributed by atoms with van der Waals surface area (Å²) in [5.41, 5.74) is 1.32. The van der Waals surface area contributed by atoms with Crippen molar-refractivity contribution < 1.29 is 14.3 Å². The van der Waals surface area contributed by atoms with E-state index < -0.39 is 0 Å². The molecule has 0 aliphatic carbocycles. The summed E-state index contributed by atoms with van der Waals surface area (Å²) in [6, 6.07) is 6.84. The lowest BCUT2D eigenvalue weighted by Gasteiger charge is -2.23. The van der Waals surface area contributed by atoms with Gasteiger partial charge >= 0.3 is 6.03 Å². The van der Waals surface area contributed by atoms with Crippen molar-refractivity contribution in [3.05, 3.63) is 29.8 Å². The Morgan fingerprint density at radius 2 is 2.00 bits per heavy atom. The molecule has 5 nitrogen and oxygen atoms in total. The maximum absolute atomic E-state index is 12.0. The van der Waals surface area contributed by atoms with Crippen molar-refractivity contribution in [2.45, 2.75) is 19.4 Å². The van der Waals surface area contributed by atoms with E-state index in [9.17, 15) is 9.59 Å². The number of likely N-dealkylation sites (N-methyl/N-ethyl adjacent to an activating group) is 1. The van der Waals surface area contributed by atoms with Gasteiger partial charge in [-0.2, -0.15) is 0 Å². The summed E-state index contributed by atoms with van der Waals surface area (Å²) >= 11 is 0. The van der Waals surface area contributed by atoms with Crippen LogP contribution in [0.25, 0.3) is 0 Å². The van der Waals surface area contributed by atoms with Crippen molar-refractivity contribution in [1.82, 2.24) is 4.90 Å². The second-order valence-electron chi connectivity index (χ2n) is 4.69. The van der Waals surface area contributed by atoms with Gasteiger partial charge in [0.2, 0.25) is 0 Å². The highest BCUT2D eigenvalue weighted by molar-refractivity contribution is 5.95. The first-order chi connectivity index (χ1) is 9.08.